The van der Waals surface area contributed by atoms with Crippen LogP contribution in [0.2, 0.25) is 0 Å². The first-order valence-electron chi connectivity index (χ1n) is 4.42. The summed E-state index contributed by atoms with van der Waals surface area (Å²) in [6.45, 7) is 6.61. The molecule has 0 aromatic carbocycles. The van der Waals surface area contributed by atoms with Gasteiger partial charge in [0.2, 0.25) is 0 Å². The van der Waals surface area contributed by atoms with E-state index in [2.05, 4.69) is 19.2 Å². The Morgan fingerprint density at radius 1 is 1.64 bits per heavy atom. The second kappa shape index (κ2) is 3.55. The van der Waals surface area contributed by atoms with Gasteiger partial charge in [0.15, 0.2) is 0 Å². The van der Waals surface area contributed by atoms with E-state index in [1.807, 2.05) is 0 Å². The first-order chi connectivity index (χ1) is 5.20. The Bertz CT molecular complexity index is 127. The molecule has 0 aromatic heterocycles. The molecule has 66 valence electrons. The highest BCUT2D eigenvalue weighted by molar-refractivity contribution is 4.89. The molecule has 1 aliphatic heterocycles. The zero-order chi connectivity index (χ0) is 8.32. The van der Waals surface area contributed by atoms with Gasteiger partial charge in [-0.15, -0.1) is 0 Å². The van der Waals surface area contributed by atoms with Crippen molar-refractivity contribution < 1.29 is 4.74 Å². The lowest BCUT2D eigenvalue weighted by Gasteiger charge is -2.19. The molecule has 2 nitrogen and oxygen atoms in total. The van der Waals surface area contributed by atoms with E-state index in [-0.39, 0.29) is 0 Å². The molecule has 2 unspecified atom stereocenters. The maximum atomic E-state index is 5.10. The summed E-state index contributed by atoms with van der Waals surface area (Å²) in [5.74, 6) is 0. The van der Waals surface area contributed by atoms with E-state index >= 15 is 0 Å². The second-order valence-electron chi connectivity index (χ2n) is 3.90. The van der Waals surface area contributed by atoms with Gasteiger partial charge in [-0.05, 0) is 18.3 Å². The smallest absolute Gasteiger partial charge is 0.0616 e. The Labute approximate surface area is 69.3 Å². The number of hydrogen-bond acceptors (Lipinski definition) is 2. The molecular weight excluding hydrogens is 138 g/mol. The Balaban J connectivity index is 2.33. The highest BCUT2D eigenvalue weighted by Gasteiger charge is 2.32. The number of nitrogens with one attached hydrogen (secondary N) is 1. The summed E-state index contributed by atoms with van der Waals surface area (Å²) >= 11 is 0. The highest BCUT2D eigenvalue weighted by Crippen LogP contribution is 2.31. The molecule has 1 rings (SSSR count). The van der Waals surface area contributed by atoms with E-state index in [0.717, 1.165) is 13.2 Å². The van der Waals surface area contributed by atoms with Crippen LogP contribution in [0.25, 0.3) is 0 Å². The van der Waals surface area contributed by atoms with Crippen LogP contribution in [0.4, 0.5) is 0 Å². The SMILES string of the molecule is CCC1(C)CNC(COC)C1. The Morgan fingerprint density at radius 2 is 2.36 bits per heavy atom. The predicted octanol–water partition coefficient (Wildman–Crippen LogP) is 1.41. The van der Waals surface area contributed by atoms with Crippen LogP contribution in [0.5, 0.6) is 0 Å². The van der Waals surface area contributed by atoms with Crippen LogP contribution in [0.3, 0.4) is 0 Å². The number of hydrogen-bond donors (Lipinski definition) is 1. The van der Waals surface area contributed by atoms with E-state index in [0.29, 0.717) is 11.5 Å². The van der Waals surface area contributed by atoms with Crippen molar-refractivity contribution in [2.45, 2.75) is 32.7 Å². The van der Waals surface area contributed by atoms with Gasteiger partial charge in [-0.2, -0.15) is 0 Å². The topological polar surface area (TPSA) is 21.3 Å². The predicted molar refractivity (Wildman–Crippen MR) is 46.7 cm³/mol. The molecule has 1 fully saturated rings. The lowest BCUT2D eigenvalue weighted by atomic mass is 9.85. The average Bonchev–Trinajstić information content (AvgIpc) is 2.35. The van der Waals surface area contributed by atoms with Gasteiger partial charge in [0, 0.05) is 19.7 Å². The molecule has 0 radical (unpaired) electrons. The second-order valence-corrected chi connectivity index (χ2v) is 3.90. The summed E-state index contributed by atoms with van der Waals surface area (Å²) < 4.78 is 5.10. The van der Waals surface area contributed by atoms with Crippen molar-refractivity contribution in [3.63, 3.8) is 0 Å². The van der Waals surface area contributed by atoms with Crippen LogP contribution in [0.15, 0.2) is 0 Å². The maximum Gasteiger partial charge on any atom is 0.0616 e. The minimum atomic E-state index is 0.517. The van der Waals surface area contributed by atoms with E-state index in [4.69, 9.17) is 4.74 Å². The third-order valence-electron chi connectivity index (χ3n) is 2.78. The first-order valence-corrected chi connectivity index (χ1v) is 4.42. The van der Waals surface area contributed by atoms with Crippen LogP contribution < -0.4 is 5.32 Å². The van der Waals surface area contributed by atoms with E-state index in [1.165, 1.54) is 12.8 Å². The molecule has 0 aromatic rings. The lowest BCUT2D eigenvalue weighted by Crippen LogP contribution is -2.26. The number of rotatable bonds is 3. The summed E-state index contributed by atoms with van der Waals surface area (Å²) in [7, 11) is 1.77. The van der Waals surface area contributed by atoms with Crippen molar-refractivity contribution in [2.24, 2.45) is 5.41 Å². The molecule has 2 atom stereocenters. The molecule has 1 heterocycles. The molecule has 0 saturated carbocycles. The van der Waals surface area contributed by atoms with Crippen LogP contribution in [0, 0.1) is 5.41 Å². The zero-order valence-corrected chi connectivity index (χ0v) is 7.81. The molecule has 0 bridgehead atoms. The molecule has 1 N–H and O–H groups in total. The van der Waals surface area contributed by atoms with Crippen molar-refractivity contribution in [3.05, 3.63) is 0 Å². The number of methoxy groups -OCH3 is 1. The van der Waals surface area contributed by atoms with E-state index in [1.54, 1.807) is 7.11 Å². The fraction of sp³-hybridized carbons (Fsp3) is 1.00. The minimum Gasteiger partial charge on any atom is -0.383 e. The summed E-state index contributed by atoms with van der Waals surface area (Å²) in [5, 5.41) is 3.47. The van der Waals surface area contributed by atoms with Gasteiger partial charge >= 0.3 is 0 Å². The summed E-state index contributed by atoms with van der Waals surface area (Å²) in [6, 6.07) is 0.588. The largest absolute Gasteiger partial charge is 0.383 e. The highest BCUT2D eigenvalue weighted by atomic mass is 16.5. The summed E-state index contributed by atoms with van der Waals surface area (Å²) in [6.07, 6.45) is 2.53. The molecule has 11 heavy (non-hydrogen) atoms. The zero-order valence-electron chi connectivity index (χ0n) is 7.81. The van der Waals surface area contributed by atoms with Crippen molar-refractivity contribution in [1.82, 2.24) is 5.32 Å². The molecule has 0 aliphatic carbocycles. The molecule has 1 saturated heterocycles. The fourth-order valence-electron chi connectivity index (χ4n) is 1.72. The monoisotopic (exact) mass is 157 g/mol. The van der Waals surface area contributed by atoms with E-state index < -0.39 is 0 Å². The third-order valence-corrected chi connectivity index (χ3v) is 2.78. The fourth-order valence-corrected chi connectivity index (χ4v) is 1.72. The molecule has 0 amide bonds. The Hall–Kier alpha value is -0.0800. The Kier molecular flexibility index (Phi) is 2.90. The molecule has 0 spiro atoms. The minimum absolute atomic E-state index is 0.517. The van der Waals surface area contributed by atoms with Crippen LogP contribution >= 0.6 is 0 Å². The summed E-state index contributed by atoms with van der Waals surface area (Å²) in [5.41, 5.74) is 0.517. The normalized spacial score (nSPS) is 37.9. The van der Waals surface area contributed by atoms with Crippen molar-refractivity contribution in [1.29, 1.82) is 0 Å². The quantitative estimate of drug-likeness (QED) is 0.669. The summed E-state index contributed by atoms with van der Waals surface area (Å²) in [4.78, 5) is 0. The molecule has 1 aliphatic rings. The van der Waals surface area contributed by atoms with Crippen molar-refractivity contribution in [3.8, 4) is 0 Å². The first kappa shape index (κ1) is 9.01. The van der Waals surface area contributed by atoms with Gasteiger partial charge in [0.1, 0.15) is 0 Å². The van der Waals surface area contributed by atoms with Gasteiger partial charge in [0.05, 0.1) is 6.61 Å². The van der Waals surface area contributed by atoms with Gasteiger partial charge < -0.3 is 10.1 Å². The lowest BCUT2D eigenvalue weighted by molar-refractivity contribution is 0.168. The molecule has 2 heteroatoms. The third kappa shape index (κ3) is 2.17. The van der Waals surface area contributed by atoms with Crippen LogP contribution in [-0.2, 0) is 4.74 Å². The van der Waals surface area contributed by atoms with Gasteiger partial charge in [-0.1, -0.05) is 13.8 Å². The van der Waals surface area contributed by atoms with Crippen molar-refractivity contribution in [2.75, 3.05) is 20.3 Å². The van der Waals surface area contributed by atoms with Gasteiger partial charge in [-0.25, -0.2) is 0 Å². The van der Waals surface area contributed by atoms with Crippen LogP contribution in [-0.4, -0.2) is 26.3 Å². The Morgan fingerprint density at radius 3 is 2.82 bits per heavy atom. The van der Waals surface area contributed by atoms with E-state index in [9.17, 15) is 0 Å². The van der Waals surface area contributed by atoms with Gasteiger partial charge in [-0.3, -0.25) is 0 Å². The van der Waals surface area contributed by atoms with Crippen LogP contribution in [0.1, 0.15) is 26.7 Å². The van der Waals surface area contributed by atoms with Gasteiger partial charge in [0.25, 0.3) is 0 Å². The average molecular weight is 157 g/mol. The maximum absolute atomic E-state index is 5.10. The number of ether oxygens (including phenoxy) is 1. The standard InChI is InChI=1S/C9H19NO/c1-4-9(2)5-8(6-11-3)10-7-9/h8,10H,4-7H2,1-3H3. The van der Waals surface area contributed by atoms with Crippen molar-refractivity contribution >= 4 is 0 Å². The molecular formula is C9H19NO.